The standard InChI is InChI=1S/C26H36N2O3/c1-2-3-4-8-14-26(29)28(16-15-27-17-19-30-20-18-27)22-23-10-9-13-25(21-23)31-24-11-6-5-7-12-24/h5-7,9-13,21H,2-4,8,14-20,22H2,1H3. The smallest absolute Gasteiger partial charge is 0.222 e. The fraction of sp³-hybridized carbons (Fsp3) is 0.500. The number of morpholine rings is 1. The zero-order valence-corrected chi connectivity index (χ0v) is 18.8. The molecule has 1 amide bonds. The number of nitrogens with zero attached hydrogens (tertiary/aromatic N) is 2. The predicted molar refractivity (Wildman–Crippen MR) is 124 cm³/mol. The second-order valence-corrected chi connectivity index (χ2v) is 8.14. The maximum atomic E-state index is 13.0. The van der Waals surface area contributed by atoms with E-state index in [1.807, 2.05) is 53.4 Å². The molecule has 1 heterocycles. The second kappa shape index (κ2) is 13.1. The molecule has 0 unspecified atom stereocenters. The third kappa shape index (κ3) is 8.35. The summed E-state index contributed by atoms with van der Waals surface area (Å²) in [6, 6.07) is 17.9. The van der Waals surface area contributed by atoms with E-state index in [1.165, 1.54) is 12.8 Å². The molecule has 2 aromatic carbocycles. The summed E-state index contributed by atoms with van der Waals surface area (Å²) in [6.45, 7) is 7.90. The SMILES string of the molecule is CCCCCCC(=O)N(CCN1CCOCC1)Cc1cccc(Oc2ccccc2)c1. The third-order valence-electron chi connectivity index (χ3n) is 5.64. The number of hydrogen-bond acceptors (Lipinski definition) is 4. The number of benzene rings is 2. The zero-order valence-electron chi connectivity index (χ0n) is 18.8. The summed E-state index contributed by atoms with van der Waals surface area (Å²) in [5.74, 6) is 1.86. The van der Waals surface area contributed by atoms with Crippen molar-refractivity contribution < 1.29 is 14.3 Å². The zero-order chi connectivity index (χ0) is 21.7. The first kappa shape index (κ1) is 23.3. The van der Waals surface area contributed by atoms with Gasteiger partial charge in [-0.05, 0) is 36.2 Å². The van der Waals surface area contributed by atoms with Gasteiger partial charge in [0, 0.05) is 39.1 Å². The summed E-state index contributed by atoms with van der Waals surface area (Å²) >= 11 is 0. The molecule has 3 rings (SSSR count). The largest absolute Gasteiger partial charge is 0.457 e. The molecule has 0 aliphatic carbocycles. The summed E-state index contributed by atoms with van der Waals surface area (Å²) in [5.41, 5.74) is 1.09. The minimum absolute atomic E-state index is 0.249. The molecule has 5 heteroatoms. The molecule has 1 aliphatic rings. The molecule has 1 aliphatic heterocycles. The van der Waals surface area contributed by atoms with Crippen LogP contribution in [-0.4, -0.2) is 55.1 Å². The Morgan fingerprint density at radius 3 is 2.55 bits per heavy atom. The molecule has 0 bridgehead atoms. The molecule has 0 radical (unpaired) electrons. The van der Waals surface area contributed by atoms with E-state index in [2.05, 4.69) is 17.9 Å². The van der Waals surface area contributed by atoms with Gasteiger partial charge in [-0.2, -0.15) is 0 Å². The highest BCUT2D eigenvalue weighted by Gasteiger charge is 2.17. The Kier molecular flexibility index (Phi) is 9.87. The monoisotopic (exact) mass is 424 g/mol. The van der Waals surface area contributed by atoms with Crippen LogP contribution in [0.15, 0.2) is 54.6 Å². The molecule has 0 atom stereocenters. The molecule has 31 heavy (non-hydrogen) atoms. The second-order valence-electron chi connectivity index (χ2n) is 8.14. The normalized spacial score (nSPS) is 14.4. The number of carbonyl (C=O) groups excluding carboxylic acids is 1. The Labute approximate surface area is 187 Å². The number of carbonyl (C=O) groups is 1. The molecule has 0 spiro atoms. The number of amides is 1. The first-order valence-corrected chi connectivity index (χ1v) is 11.6. The minimum atomic E-state index is 0.249. The van der Waals surface area contributed by atoms with Crippen molar-refractivity contribution in [2.24, 2.45) is 0 Å². The molecule has 0 N–H and O–H groups in total. The van der Waals surface area contributed by atoms with Gasteiger partial charge in [-0.1, -0.05) is 56.5 Å². The summed E-state index contributed by atoms with van der Waals surface area (Å²) in [4.78, 5) is 17.4. The summed E-state index contributed by atoms with van der Waals surface area (Å²) in [5, 5.41) is 0. The van der Waals surface area contributed by atoms with Crippen LogP contribution >= 0.6 is 0 Å². The highest BCUT2D eigenvalue weighted by molar-refractivity contribution is 5.76. The molecule has 1 saturated heterocycles. The lowest BCUT2D eigenvalue weighted by molar-refractivity contribution is -0.132. The van der Waals surface area contributed by atoms with Crippen molar-refractivity contribution in [3.8, 4) is 11.5 Å². The molecular weight excluding hydrogens is 388 g/mol. The lowest BCUT2D eigenvalue weighted by Crippen LogP contribution is -2.42. The average molecular weight is 425 g/mol. The number of para-hydroxylation sites is 1. The van der Waals surface area contributed by atoms with Crippen molar-refractivity contribution >= 4 is 5.91 Å². The van der Waals surface area contributed by atoms with Crippen LogP contribution in [0.1, 0.15) is 44.6 Å². The van der Waals surface area contributed by atoms with Crippen LogP contribution in [0.2, 0.25) is 0 Å². The fourth-order valence-corrected chi connectivity index (χ4v) is 3.79. The van der Waals surface area contributed by atoms with Crippen LogP contribution < -0.4 is 4.74 Å². The van der Waals surface area contributed by atoms with Gasteiger partial charge >= 0.3 is 0 Å². The molecule has 0 aromatic heterocycles. The van der Waals surface area contributed by atoms with Crippen molar-refractivity contribution in [1.82, 2.24) is 9.80 Å². The predicted octanol–water partition coefficient (Wildman–Crippen LogP) is 5.11. The van der Waals surface area contributed by atoms with Gasteiger partial charge in [0.05, 0.1) is 13.2 Å². The minimum Gasteiger partial charge on any atom is -0.457 e. The van der Waals surface area contributed by atoms with E-state index >= 15 is 0 Å². The number of hydrogen-bond donors (Lipinski definition) is 0. The first-order valence-electron chi connectivity index (χ1n) is 11.6. The first-order chi connectivity index (χ1) is 15.2. The average Bonchev–Trinajstić information content (AvgIpc) is 2.81. The number of rotatable bonds is 12. The number of unbranched alkanes of at least 4 members (excludes halogenated alkanes) is 3. The Bertz CT molecular complexity index is 775. The highest BCUT2D eigenvalue weighted by Crippen LogP contribution is 2.22. The van der Waals surface area contributed by atoms with E-state index in [4.69, 9.17) is 9.47 Å². The Morgan fingerprint density at radius 1 is 1.00 bits per heavy atom. The van der Waals surface area contributed by atoms with Gasteiger partial charge in [0.1, 0.15) is 11.5 Å². The highest BCUT2D eigenvalue weighted by atomic mass is 16.5. The van der Waals surface area contributed by atoms with E-state index < -0.39 is 0 Å². The van der Waals surface area contributed by atoms with Crippen LogP contribution in [0.5, 0.6) is 11.5 Å². The topological polar surface area (TPSA) is 42.0 Å². The Balaban J connectivity index is 1.61. The molecular formula is C26H36N2O3. The summed E-state index contributed by atoms with van der Waals surface area (Å²) in [6.07, 6.45) is 5.10. The van der Waals surface area contributed by atoms with Crippen LogP contribution in [0.3, 0.4) is 0 Å². The van der Waals surface area contributed by atoms with Crippen molar-refractivity contribution in [2.75, 3.05) is 39.4 Å². The fourth-order valence-electron chi connectivity index (χ4n) is 3.79. The molecule has 5 nitrogen and oxygen atoms in total. The van der Waals surface area contributed by atoms with E-state index in [1.54, 1.807) is 0 Å². The maximum absolute atomic E-state index is 13.0. The van der Waals surface area contributed by atoms with E-state index in [9.17, 15) is 4.79 Å². The van der Waals surface area contributed by atoms with Gasteiger partial charge in [0.2, 0.25) is 5.91 Å². The van der Waals surface area contributed by atoms with Crippen LogP contribution in [0, 0.1) is 0 Å². The van der Waals surface area contributed by atoms with Crippen LogP contribution in [0.4, 0.5) is 0 Å². The lowest BCUT2D eigenvalue weighted by Gasteiger charge is -2.30. The van der Waals surface area contributed by atoms with E-state index in [-0.39, 0.29) is 5.91 Å². The summed E-state index contributed by atoms with van der Waals surface area (Å²) in [7, 11) is 0. The van der Waals surface area contributed by atoms with Gasteiger partial charge in [-0.25, -0.2) is 0 Å². The summed E-state index contributed by atoms with van der Waals surface area (Å²) < 4.78 is 11.4. The van der Waals surface area contributed by atoms with Gasteiger partial charge in [-0.3, -0.25) is 9.69 Å². The van der Waals surface area contributed by atoms with Crippen molar-refractivity contribution in [1.29, 1.82) is 0 Å². The quantitative estimate of drug-likeness (QED) is 0.444. The van der Waals surface area contributed by atoms with E-state index in [0.29, 0.717) is 13.0 Å². The maximum Gasteiger partial charge on any atom is 0.222 e. The molecule has 0 saturated carbocycles. The van der Waals surface area contributed by atoms with Crippen molar-refractivity contribution in [2.45, 2.75) is 45.6 Å². The van der Waals surface area contributed by atoms with Crippen molar-refractivity contribution in [3.05, 3.63) is 60.2 Å². The van der Waals surface area contributed by atoms with Gasteiger partial charge in [-0.15, -0.1) is 0 Å². The van der Waals surface area contributed by atoms with Gasteiger partial charge < -0.3 is 14.4 Å². The third-order valence-corrected chi connectivity index (χ3v) is 5.64. The number of ether oxygens (including phenoxy) is 2. The lowest BCUT2D eigenvalue weighted by atomic mass is 10.1. The molecule has 2 aromatic rings. The van der Waals surface area contributed by atoms with Crippen LogP contribution in [-0.2, 0) is 16.1 Å². The van der Waals surface area contributed by atoms with Crippen LogP contribution in [0.25, 0.3) is 0 Å². The van der Waals surface area contributed by atoms with Gasteiger partial charge in [0.25, 0.3) is 0 Å². The molecule has 1 fully saturated rings. The van der Waals surface area contributed by atoms with Crippen molar-refractivity contribution in [3.63, 3.8) is 0 Å². The van der Waals surface area contributed by atoms with E-state index in [0.717, 1.165) is 69.3 Å². The Morgan fingerprint density at radius 2 is 1.77 bits per heavy atom. The Hall–Kier alpha value is -2.37. The van der Waals surface area contributed by atoms with Gasteiger partial charge in [0.15, 0.2) is 0 Å². The molecule has 168 valence electrons.